The van der Waals surface area contributed by atoms with Gasteiger partial charge in [0.2, 0.25) is 0 Å². The van der Waals surface area contributed by atoms with Crippen LogP contribution in [0.1, 0.15) is 53.9 Å². The van der Waals surface area contributed by atoms with E-state index < -0.39 is 5.60 Å². The highest BCUT2D eigenvalue weighted by Crippen LogP contribution is 2.23. The molecule has 0 saturated heterocycles. The zero-order chi connectivity index (χ0) is 9.78. The zero-order valence-electron chi connectivity index (χ0n) is 9.22. The highest BCUT2D eigenvalue weighted by molar-refractivity contribution is 4.69. The van der Waals surface area contributed by atoms with E-state index in [1.807, 2.05) is 13.8 Å². The van der Waals surface area contributed by atoms with E-state index in [0.717, 1.165) is 24.7 Å². The first kappa shape index (κ1) is 12.0. The molecule has 0 heterocycles. The summed E-state index contributed by atoms with van der Waals surface area (Å²) in [4.78, 5) is 0. The summed E-state index contributed by atoms with van der Waals surface area (Å²) in [5, 5.41) is 9.52. The molecule has 0 aromatic carbocycles. The molecule has 74 valence electrons. The van der Waals surface area contributed by atoms with E-state index in [0.29, 0.717) is 0 Å². The maximum absolute atomic E-state index is 9.52. The van der Waals surface area contributed by atoms with Crippen LogP contribution in [0.5, 0.6) is 0 Å². The van der Waals surface area contributed by atoms with Crippen molar-refractivity contribution in [2.45, 2.75) is 59.5 Å². The number of aliphatic hydroxyl groups is 1. The van der Waals surface area contributed by atoms with Gasteiger partial charge in [0.05, 0.1) is 5.60 Å². The van der Waals surface area contributed by atoms with Crippen molar-refractivity contribution in [3.8, 4) is 0 Å². The Morgan fingerprint density at radius 2 is 1.67 bits per heavy atom. The predicted octanol–water partition coefficient (Wildman–Crippen LogP) is 3.22. The highest BCUT2D eigenvalue weighted by atomic mass is 16.3. The van der Waals surface area contributed by atoms with Crippen molar-refractivity contribution < 1.29 is 5.11 Å². The van der Waals surface area contributed by atoms with E-state index in [4.69, 9.17) is 0 Å². The molecule has 1 nitrogen and oxygen atoms in total. The van der Waals surface area contributed by atoms with Crippen molar-refractivity contribution in [3.05, 3.63) is 0 Å². The predicted molar refractivity (Wildman–Crippen MR) is 54.2 cm³/mol. The van der Waals surface area contributed by atoms with Crippen molar-refractivity contribution in [1.29, 1.82) is 0 Å². The molecular weight excluding hydrogens is 148 g/mol. The Bertz CT molecular complexity index is 113. The Balaban J connectivity index is 3.64. The molecule has 2 atom stereocenters. The molecule has 0 fully saturated rings. The topological polar surface area (TPSA) is 20.2 Å². The summed E-state index contributed by atoms with van der Waals surface area (Å²) >= 11 is 0. The second-order valence-electron chi connectivity index (χ2n) is 4.71. The van der Waals surface area contributed by atoms with Gasteiger partial charge in [-0.05, 0) is 38.5 Å². The SMILES string of the molecule is CC[C@H](C)[C@H](C)CCC(C)(C)O. The van der Waals surface area contributed by atoms with Crippen LogP contribution in [-0.4, -0.2) is 10.7 Å². The molecule has 0 aliphatic carbocycles. The van der Waals surface area contributed by atoms with Crippen LogP contribution < -0.4 is 0 Å². The lowest BCUT2D eigenvalue weighted by atomic mass is 9.86. The van der Waals surface area contributed by atoms with Gasteiger partial charge in [0.1, 0.15) is 0 Å². The molecule has 0 radical (unpaired) electrons. The minimum absolute atomic E-state index is 0.484. The van der Waals surface area contributed by atoms with Gasteiger partial charge in [0.25, 0.3) is 0 Å². The Morgan fingerprint density at radius 3 is 2.00 bits per heavy atom. The van der Waals surface area contributed by atoms with Gasteiger partial charge in [0.15, 0.2) is 0 Å². The van der Waals surface area contributed by atoms with Gasteiger partial charge in [-0.2, -0.15) is 0 Å². The third-order valence-corrected chi connectivity index (χ3v) is 2.83. The molecule has 12 heavy (non-hydrogen) atoms. The van der Waals surface area contributed by atoms with Crippen molar-refractivity contribution in [3.63, 3.8) is 0 Å². The Kier molecular flexibility index (Phi) is 4.84. The van der Waals surface area contributed by atoms with E-state index in [1.165, 1.54) is 6.42 Å². The third-order valence-electron chi connectivity index (χ3n) is 2.83. The van der Waals surface area contributed by atoms with E-state index in [1.54, 1.807) is 0 Å². The summed E-state index contributed by atoms with van der Waals surface area (Å²) in [6.45, 7) is 10.6. The first-order valence-electron chi connectivity index (χ1n) is 5.09. The van der Waals surface area contributed by atoms with E-state index in [2.05, 4.69) is 20.8 Å². The largest absolute Gasteiger partial charge is 0.390 e. The first-order chi connectivity index (χ1) is 5.37. The van der Waals surface area contributed by atoms with E-state index in [-0.39, 0.29) is 0 Å². The van der Waals surface area contributed by atoms with Gasteiger partial charge >= 0.3 is 0 Å². The molecule has 0 aromatic heterocycles. The van der Waals surface area contributed by atoms with Gasteiger partial charge in [-0.25, -0.2) is 0 Å². The second kappa shape index (κ2) is 4.86. The van der Waals surface area contributed by atoms with Gasteiger partial charge in [-0.1, -0.05) is 27.2 Å². The van der Waals surface area contributed by atoms with Crippen LogP contribution in [0.15, 0.2) is 0 Å². The summed E-state index contributed by atoms with van der Waals surface area (Å²) in [6.07, 6.45) is 3.30. The fraction of sp³-hybridized carbons (Fsp3) is 1.00. The second-order valence-corrected chi connectivity index (χ2v) is 4.71. The monoisotopic (exact) mass is 172 g/mol. The van der Waals surface area contributed by atoms with Crippen LogP contribution in [0, 0.1) is 11.8 Å². The van der Waals surface area contributed by atoms with Crippen molar-refractivity contribution in [2.24, 2.45) is 11.8 Å². The lowest BCUT2D eigenvalue weighted by molar-refractivity contribution is 0.0614. The van der Waals surface area contributed by atoms with Crippen LogP contribution in [0.3, 0.4) is 0 Å². The summed E-state index contributed by atoms with van der Waals surface area (Å²) < 4.78 is 0. The smallest absolute Gasteiger partial charge is 0.0591 e. The van der Waals surface area contributed by atoms with Crippen LogP contribution >= 0.6 is 0 Å². The van der Waals surface area contributed by atoms with Gasteiger partial charge in [-0.15, -0.1) is 0 Å². The van der Waals surface area contributed by atoms with E-state index >= 15 is 0 Å². The van der Waals surface area contributed by atoms with Crippen LogP contribution in [0.2, 0.25) is 0 Å². The minimum Gasteiger partial charge on any atom is -0.390 e. The molecule has 0 amide bonds. The fourth-order valence-corrected chi connectivity index (χ4v) is 1.27. The summed E-state index contributed by atoms with van der Waals surface area (Å²) in [5.74, 6) is 1.52. The van der Waals surface area contributed by atoms with Crippen molar-refractivity contribution >= 4 is 0 Å². The first-order valence-corrected chi connectivity index (χ1v) is 5.09. The maximum atomic E-state index is 9.52. The van der Waals surface area contributed by atoms with Crippen LogP contribution in [0.4, 0.5) is 0 Å². The summed E-state index contributed by atoms with van der Waals surface area (Å²) in [7, 11) is 0. The molecule has 0 aliphatic heterocycles. The molecule has 0 aliphatic rings. The van der Waals surface area contributed by atoms with Gasteiger partial charge < -0.3 is 5.11 Å². The quantitative estimate of drug-likeness (QED) is 0.675. The molecule has 0 rings (SSSR count). The molecule has 0 spiro atoms. The van der Waals surface area contributed by atoms with Crippen molar-refractivity contribution in [1.82, 2.24) is 0 Å². The number of rotatable bonds is 5. The average Bonchev–Trinajstić information content (AvgIpc) is 1.97. The summed E-state index contributed by atoms with van der Waals surface area (Å²) in [5.41, 5.74) is -0.484. The van der Waals surface area contributed by atoms with Crippen molar-refractivity contribution in [2.75, 3.05) is 0 Å². The summed E-state index contributed by atoms with van der Waals surface area (Å²) in [6, 6.07) is 0. The minimum atomic E-state index is -0.484. The zero-order valence-corrected chi connectivity index (χ0v) is 9.22. The van der Waals surface area contributed by atoms with E-state index in [9.17, 15) is 5.11 Å². The molecule has 0 bridgehead atoms. The highest BCUT2D eigenvalue weighted by Gasteiger charge is 2.16. The Labute approximate surface area is 77.2 Å². The third kappa shape index (κ3) is 5.59. The molecule has 1 heteroatoms. The fourth-order valence-electron chi connectivity index (χ4n) is 1.27. The Hall–Kier alpha value is -0.0400. The lowest BCUT2D eigenvalue weighted by Crippen LogP contribution is -2.20. The van der Waals surface area contributed by atoms with Crippen LogP contribution in [0.25, 0.3) is 0 Å². The molecule has 0 aromatic rings. The van der Waals surface area contributed by atoms with Gasteiger partial charge in [0, 0.05) is 0 Å². The molecular formula is C11H24O. The van der Waals surface area contributed by atoms with Crippen LogP contribution in [-0.2, 0) is 0 Å². The molecule has 0 saturated carbocycles. The Morgan fingerprint density at radius 1 is 1.17 bits per heavy atom. The average molecular weight is 172 g/mol. The van der Waals surface area contributed by atoms with Gasteiger partial charge in [-0.3, -0.25) is 0 Å². The maximum Gasteiger partial charge on any atom is 0.0591 e. The molecule has 1 N–H and O–H groups in total. The normalized spacial score (nSPS) is 17.5. The lowest BCUT2D eigenvalue weighted by Gasteiger charge is -2.23. The number of hydrogen-bond donors (Lipinski definition) is 1. The number of hydrogen-bond acceptors (Lipinski definition) is 1. The molecule has 0 unspecified atom stereocenters. The standard InChI is InChI=1S/C11H24O/c1-6-9(2)10(3)7-8-11(4,5)12/h9-10,12H,6-8H2,1-5H3/t9-,10+/m0/s1.